The van der Waals surface area contributed by atoms with Gasteiger partial charge in [0.2, 0.25) is 0 Å². The van der Waals surface area contributed by atoms with Crippen molar-refractivity contribution in [3.8, 4) is 11.3 Å². The van der Waals surface area contributed by atoms with E-state index in [1.165, 1.54) is 7.11 Å². The number of halogens is 2. The Kier molecular flexibility index (Phi) is 7.96. The topological polar surface area (TPSA) is 80.8 Å². The van der Waals surface area contributed by atoms with Crippen molar-refractivity contribution < 1.29 is 19.1 Å². The number of alkyl carbamates (subject to hydrolysis) is 1. The summed E-state index contributed by atoms with van der Waals surface area (Å²) in [6.07, 6.45) is 4.52. The van der Waals surface area contributed by atoms with Crippen LogP contribution in [-0.2, 0) is 9.47 Å². The number of carbonyl (C=O) groups excluding carboxylic acids is 2. The van der Waals surface area contributed by atoms with Crippen LogP contribution in [-0.4, -0.2) is 48.9 Å². The van der Waals surface area contributed by atoms with Gasteiger partial charge in [0.1, 0.15) is 5.60 Å². The second-order valence-corrected chi connectivity index (χ2v) is 11.8. The maximum absolute atomic E-state index is 12.8. The molecule has 1 aromatic heterocycles. The number of esters is 1. The fraction of sp³-hybridized carbons (Fsp3) is 0.536. The Balaban J connectivity index is 1.58. The Hall–Kier alpha value is -2.51. The standard InChI is InChI=1S/C28H35Cl2N3O4/c1-17-16-20(24(25(34)36-5)32-23(17)18-8-6-9-19(29)22(18)30)33-14-12-28(13-15-33)11-7-10-21(28)31-26(35)37-27(2,3)4/h6,8-9,16,21H,7,10-15H2,1-5H3,(H,31,35). The number of hydrogen-bond donors (Lipinski definition) is 1. The molecule has 1 saturated heterocycles. The maximum Gasteiger partial charge on any atom is 0.407 e. The van der Waals surface area contributed by atoms with E-state index < -0.39 is 11.6 Å². The molecule has 1 unspecified atom stereocenters. The minimum Gasteiger partial charge on any atom is -0.464 e. The van der Waals surface area contributed by atoms with Crippen LogP contribution >= 0.6 is 23.2 Å². The lowest BCUT2D eigenvalue weighted by molar-refractivity contribution is 0.0441. The molecule has 1 spiro atoms. The summed E-state index contributed by atoms with van der Waals surface area (Å²) >= 11 is 12.7. The molecule has 0 radical (unpaired) electrons. The number of nitrogens with one attached hydrogen (secondary N) is 1. The highest BCUT2D eigenvalue weighted by Crippen LogP contribution is 2.47. The summed E-state index contributed by atoms with van der Waals surface area (Å²) in [7, 11) is 1.36. The SMILES string of the molecule is COC(=O)c1nc(-c2cccc(Cl)c2Cl)c(C)cc1N1CCC2(CCCC2NC(=O)OC(C)(C)C)CC1. The van der Waals surface area contributed by atoms with Crippen LogP contribution in [0.15, 0.2) is 24.3 Å². The number of rotatable bonds is 4. The first-order valence-corrected chi connectivity index (χ1v) is 13.5. The summed E-state index contributed by atoms with van der Waals surface area (Å²) in [5, 5.41) is 3.97. The molecule has 37 heavy (non-hydrogen) atoms. The van der Waals surface area contributed by atoms with Crippen LogP contribution in [0.4, 0.5) is 10.5 Å². The van der Waals surface area contributed by atoms with E-state index in [4.69, 9.17) is 37.7 Å². The van der Waals surface area contributed by atoms with Crippen molar-refractivity contribution in [1.29, 1.82) is 0 Å². The zero-order chi connectivity index (χ0) is 27.0. The van der Waals surface area contributed by atoms with Gasteiger partial charge in [-0.1, -0.05) is 41.8 Å². The Morgan fingerprint density at radius 1 is 1.16 bits per heavy atom. The zero-order valence-corrected chi connectivity index (χ0v) is 23.6. The van der Waals surface area contributed by atoms with Crippen molar-refractivity contribution in [2.24, 2.45) is 5.41 Å². The fourth-order valence-electron chi connectivity index (χ4n) is 5.65. The Morgan fingerprint density at radius 3 is 2.51 bits per heavy atom. The van der Waals surface area contributed by atoms with Crippen LogP contribution in [0.1, 0.15) is 68.9 Å². The first-order chi connectivity index (χ1) is 17.4. The van der Waals surface area contributed by atoms with Gasteiger partial charge in [-0.3, -0.25) is 0 Å². The first-order valence-electron chi connectivity index (χ1n) is 12.7. The van der Waals surface area contributed by atoms with Crippen LogP contribution in [0.2, 0.25) is 10.0 Å². The van der Waals surface area contributed by atoms with E-state index >= 15 is 0 Å². The van der Waals surface area contributed by atoms with E-state index in [1.807, 2.05) is 45.9 Å². The maximum atomic E-state index is 12.8. The molecule has 9 heteroatoms. The average Bonchev–Trinajstić information content (AvgIpc) is 3.20. The monoisotopic (exact) mass is 547 g/mol. The summed E-state index contributed by atoms with van der Waals surface area (Å²) in [5.41, 5.74) is 2.65. The average molecular weight is 549 g/mol. The number of piperidine rings is 1. The van der Waals surface area contributed by atoms with Gasteiger partial charge >= 0.3 is 12.1 Å². The summed E-state index contributed by atoms with van der Waals surface area (Å²) in [5.74, 6) is -0.500. The van der Waals surface area contributed by atoms with E-state index in [9.17, 15) is 9.59 Å². The Labute approximate surface area is 228 Å². The normalized spacial score (nSPS) is 19.1. The molecule has 1 aliphatic heterocycles. The van der Waals surface area contributed by atoms with Crippen molar-refractivity contribution in [2.75, 3.05) is 25.1 Å². The van der Waals surface area contributed by atoms with Crippen LogP contribution in [0.25, 0.3) is 11.3 Å². The number of pyridine rings is 1. The number of amides is 1. The lowest BCUT2D eigenvalue weighted by Gasteiger charge is -2.44. The zero-order valence-electron chi connectivity index (χ0n) is 22.1. The third-order valence-corrected chi connectivity index (χ3v) is 8.29. The highest BCUT2D eigenvalue weighted by molar-refractivity contribution is 6.43. The predicted octanol–water partition coefficient (Wildman–Crippen LogP) is 6.81. The minimum absolute atomic E-state index is 0.0234. The number of benzene rings is 1. The van der Waals surface area contributed by atoms with E-state index in [0.29, 0.717) is 21.3 Å². The van der Waals surface area contributed by atoms with E-state index in [-0.39, 0.29) is 23.2 Å². The van der Waals surface area contributed by atoms with Gasteiger partial charge in [-0.25, -0.2) is 14.6 Å². The largest absolute Gasteiger partial charge is 0.464 e. The second kappa shape index (κ2) is 10.7. The fourth-order valence-corrected chi connectivity index (χ4v) is 6.04. The van der Waals surface area contributed by atoms with E-state index in [2.05, 4.69) is 10.2 Å². The summed E-state index contributed by atoms with van der Waals surface area (Å²) in [6, 6.07) is 7.43. The number of ether oxygens (including phenoxy) is 2. The Morgan fingerprint density at radius 2 is 1.86 bits per heavy atom. The molecule has 2 aromatic rings. The van der Waals surface area contributed by atoms with Crippen LogP contribution in [0.5, 0.6) is 0 Å². The van der Waals surface area contributed by atoms with Crippen molar-refractivity contribution in [3.05, 3.63) is 45.6 Å². The van der Waals surface area contributed by atoms with Gasteiger partial charge in [0, 0.05) is 24.7 Å². The molecule has 7 nitrogen and oxygen atoms in total. The van der Waals surface area contributed by atoms with Gasteiger partial charge < -0.3 is 19.7 Å². The van der Waals surface area contributed by atoms with Crippen molar-refractivity contribution in [3.63, 3.8) is 0 Å². The Bertz CT molecular complexity index is 1190. The van der Waals surface area contributed by atoms with Gasteiger partial charge in [0.15, 0.2) is 5.69 Å². The molecule has 1 aliphatic carbocycles. The lowest BCUT2D eigenvalue weighted by Crippen LogP contribution is -2.51. The molecule has 4 rings (SSSR count). The van der Waals surface area contributed by atoms with Gasteiger partial charge in [0.25, 0.3) is 0 Å². The minimum atomic E-state index is -0.532. The third-order valence-electron chi connectivity index (χ3n) is 7.48. The van der Waals surface area contributed by atoms with Crippen LogP contribution in [0, 0.1) is 12.3 Å². The number of aromatic nitrogens is 1. The highest BCUT2D eigenvalue weighted by Gasteiger charge is 2.46. The van der Waals surface area contributed by atoms with Crippen molar-refractivity contribution in [1.82, 2.24) is 10.3 Å². The predicted molar refractivity (Wildman–Crippen MR) is 147 cm³/mol. The molecule has 200 valence electrons. The third kappa shape index (κ3) is 5.83. The molecule has 1 amide bonds. The summed E-state index contributed by atoms with van der Waals surface area (Å²) in [6.45, 7) is 9.05. The molecule has 2 fully saturated rings. The second-order valence-electron chi connectivity index (χ2n) is 11.1. The van der Waals surface area contributed by atoms with Crippen molar-refractivity contribution in [2.45, 2.75) is 71.4 Å². The van der Waals surface area contributed by atoms with E-state index in [0.717, 1.165) is 56.4 Å². The van der Waals surface area contributed by atoms with Gasteiger partial charge in [-0.2, -0.15) is 0 Å². The molecular formula is C28H35Cl2N3O4. The summed E-state index contributed by atoms with van der Waals surface area (Å²) in [4.78, 5) is 32.3. The molecule has 1 atom stereocenters. The number of carbonyl (C=O) groups is 2. The molecule has 1 N–H and O–H groups in total. The molecule has 2 heterocycles. The number of anilines is 1. The molecular weight excluding hydrogens is 513 g/mol. The van der Waals surface area contributed by atoms with Crippen LogP contribution < -0.4 is 10.2 Å². The highest BCUT2D eigenvalue weighted by atomic mass is 35.5. The number of aryl methyl sites for hydroxylation is 1. The van der Waals surface area contributed by atoms with Crippen molar-refractivity contribution >= 4 is 41.0 Å². The number of hydrogen-bond acceptors (Lipinski definition) is 6. The van der Waals surface area contributed by atoms with Crippen LogP contribution in [0.3, 0.4) is 0 Å². The molecule has 0 bridgehead atoms. The smallest absolute Gasteiger partial charge is 0.407 e. The lowest BCUT2D eigenvalue weighted by atomic mass is 9.74. The van der Waals surface area contributed by atoms with E-state index in [1.54, 1.807) is 6.07 Å². The van der Waals surface area contributed by atoms with Gasteiger partial charge in [0.05, 0.1) is 28.5 Å². The number of nitrogens with zero attached hydrogens (tertiary/aromatic N) is 2. The first kappa shape index (κ1) is 27.5. The number of methoxy groups -OCH3 is 1. The molecule has 2 aliphatic rings. The molecule has 1 saturated carbocycles. The molecule has 1 aromatic carbocycles. The van der Waals surface area contributed by atoms with Gasteiger partial charge in [-0.05, 0) is 76.5 Å². The quantitative estimate of drug-likeness (QED) is 0.423. The van der Waals surface area contributed by atoms with Gasteiger partial charge in [-0.15, -0.1) is 0 Å². The summed E-state index contributed by atoms with van der Waals surface area (Å²) < 4.78 is 10.6.